The summed E-state index contributed by atoms with van der Waals surface area (Å²) in [5.41, 5.74) is 5.28. The maximum Gasteiger partial charge on any atom is 0.226 e. The first-order valence-electron chi connectivity index (χ1n) is 5.56. The van der Waals surface area contributed by atoms with Crippen LogP contribution in [0.3, 0.4) is 0 Å². The lowest BCUT2D eigenvalue weighted by atomic mass is 10.2. The molecular weight excluding hydrogens is 258 g/mol. The Morgan fingerprint density at radius 1 is 1.50 bits per heavy atom. The van der Waals surface area contributed by atoms with E-state index in [-0.39, 0.29) is 17.5 Å². The van der Waals surface area contributed by atoms with Crippen LogP contribution in [0.5, 0.6) is 0 Å². The van der Waals surface area contributed by atoms with Crippen molar-refractivity contribution >= 4 is 28.6 Å². The van der Waals surface area contributed by atoms with Gasteiger partial charge in [0.2, 0.25) is 5.28 Å². The van der Waals surface area contributed by atoms with Crippen molar-refractivity contribution in [3.8, 4) is 0 Å². The fourth-order valence-corrected chi connectivity index (χ4v) is 2.57. The largest absolute Gasteiger partial charge is 0.393 e. The standard InChI is InChI=1S/C10H12ClN5O2/c11-9-14-7(12)6-8(15-9)16(4-13-6)10(18)2-1-5(17)3-10/h4-5,17-18H,1-3H2,(H2,12,14,15). The van der Waals surface area contributed by atoms with Crippen molar-refractivity contribution in [3.63, 3.8) is 0 Å². The number of aliphatic hydroxyl groups excluding tert-OH is 1. The van der Waals surface area contributed by atoms with E-state index in [9.17, 15) is 10.2 Å². The smallest absolute Gasteiger partial charge is 0.226 e. The van der Waals surface area contributed by atoms with Crippen LogP contribution >= 0.6 is 11.6 Å². The van der Waals surface area contributed by atoms with Crippen LogP contribution in [-0.2, 0) is 5.72 Å². The van der Waals surface area contributed by atoms with Gasteiger partial charge in [0, 0.05) is 6.42 Å². The van der Waals surface area contributed by atoms with E-state index in [4.69, 9.17) is 17.3 Å². The molecule has 96 valence electrons. The molecule has 0 spiro atoms. The van der Waals surface area contributed by atoms with Gasteiger partial charge in [-0.25, -0.2) is 4.98 Å². The highest BCUT2D eigenvalue weighted by molar-refractivity contribution is 6.28. The summed E-state index contributed by atoms with van der Waals surface area (Å²) < 4.78 is 1.50. The molecule has 0 saturated heterocycles. The van der Waals surface area contributed by atoms with E-state index < -0.39 is 11.8 Å². The summed E-state index contributed by atoms with van der Waals surface area (Å²) in [6, 6.07) is 0. The number of halogens is 1. The first kappa shape index (κ1) is 11.6. The summed E-state index contributed by atoms with van der Waals surface area (Å²) in [6.07, 6.45) is 2.12. The van der Waals surface area contributed by atoms with Gasteiger partial charge < -0.3 is 15.9 Å². The number of anilines is 1. The first-order chi connectivity index (χ1) is 8.49. The molecule has 4 N–H and O–H groups in total. The van der Waals surface area contributed by atoms with Gasteiger partial charge in [-0.1, -0.05) is 0 Å². The number of aliphatic hydroxyl groups is 2. The van der Waals surface area contributed by atoms with Gasteiger partial charge in [0.05, 0.1) is 12.4 Å². The lowest BCUT2D eigenvalue weighted by Gasteiger charge is -2.24. The normalized spacial score (nSPS) is 28.1. The molecule has 0 amide bonds. The molecule has 1 fully saturated rings. The number of rotatable bonds is 1. The summed E-state index contributed by atoms with van der Waals surface area (Å²) in [7, 11) is 0. The fourth-order valence-electron chi connectivity index (χ4n) is 2.40. The molecule has 18 heavy (non-hydrogen) atoms. The zero-order valence-electron chi connectivity index (χ0n) is 9.41. The molecular formula is C10H12ClN5O2. The van der Waals surface area contributed by atoms with Crippen LogP contribution in [0.2, 0.25) is 5.28 Å². The third-order valence-corrected chi connectivity index (χ3v) is 3.45. The molecule has 2 aromatic rings. The lowest BCUT2D eigenvalue weighted by molar-refractivity contribution is -0.0374. The summed E-state index contributed by atoms with van der Waals surface area (Å²) in [4.78, 5) is 11.9. The second kappa shape index (κ2) is 3.78. The van der Waals surface area contributed by atoms with Gasteiger partial charge in [-0.15, -0.1) is 0 Å². The van der Waals surface area contributed by atoms with Gasteiger partial charge in [-0.2, -0.15) is 9.97 Å². The Hall–Kier alpha value is -1.44. The molecule has 1 aliphatic rings. The number of nitrogens with two attached hydrogens (primary N) is 1. The van der Waals surface area contributed by atoms with Gasteiger partial charge in [0.1, 0.15) is 11.2 Å². The summed E-state index contributed by atoms with van der Waals surface area (Å²) in [6.45, 7) is 0. The number of hydrogen-bond acceptors (Lipinski definition) is 6. The van der Waals surface area contributed by atoms with Crippen molar-refractivity contribution in [1.82, 2.24) is 19.5 Å². The van der Waals surface area contributed by atoms with Crippen molar-refractivity contribution in [1.29, 1.82) is 0 Å². The average molecular weight is 270 g/mol. The van der Waals surface area contributed by atoms with Crippen LogP contribution in [-0.4, -0.2) is 35.8 Å². The van der Waals surface area contributed by atoms with E-state index in [1.165, 1.54) is 10.9 Å². The van der Waals surface area contributed by atoms with E-state index >= 15 is 0 Å². The minimum Gasteiger partial charge on any atom is -0.393 e. The number of nitrogens with zero attached hydrogens (tertiary/aromatic N) is 4. The van der Waals surface area contributed by atoms with Crippen LogP contribution in [0.15, 0.2) is 6.33 Å². The Balaban J connectivity index is 2.19. The number of nitrogen functional groups attached to an aromatic ring is 1. The molecule has 2 aromatic heterocycles. The molecule has 8 heteroatoms. The SMILES string of the molecule is Nc1nc(Cl)nc2c1ncn2C1(O)CCC(O)C1. The minimum atomic E-state index is -1.20. The molecule has 0 aliphatic heterocycles. The highest BCUT2D eigenvalue weighted by Gasteiger charge is 2.39. The molecule has 0 bridgehead atoms. The molecule has 2 unspecified atom stereocenters. The molecule has 7 nitrogen and oxygen atoms in total. The van der Waals surface area contributed by atoms with Crippen LogP contribution < -0.4 is 5.73 Å². The quantitative estimate of drug-likeness (QED) is 0.640. The van der Waals surface area contributed by atoms with Gasteiger partial charge >= 0.3 is 0 Å². The number of fused-ring (bicyclic) bond motifs is 1. The van der Waals surface area contributed by atoms with Crippen LogP contribution in [0.1, 0.15) is 19.3 Å². The predicted molar refractivity (Wildman–Crippen MR) is 64.8 cm³/mol. The summed E-state index contributed by atoms with van der Waals surface area (Å²) in [5.74, 6) is 0.172. The third kappa shape index (κ3) is 1.63. The molecule has 1 aliphatic carbocycles. The topological polar surface area (TPSA) is 110 Å². The van der Waals surface area contributed by atoms with Crippen LogP contribution in [0, 0.1) is 0 Å². The Kier molecular flexibility index (Phi) is 2.44. The Morgan fingerprint density at radius 3 is 2.94 bits per heavy atom. The zero-order valence-corrected chi connectivity index (χ0v) is 10.2. The highest BCUT2D eigenvalue weighted by atomic mass is 35.5. The zero-order chi connectivity index (χ0) is 12.9. The maximum atomic E-state index is 10.5. The Bertz CT molecular complexity index is 616. The average Bonchev–Trinajstić information content (AvgIpc) is 2.83. The number of imidazole rings is 1. The van der Waals surface area contributed by atoms with Crippen molar-refractivity contribution in [3.05, 3.63) is 11.6 Å². The second-order valence-corrected chi connectivity index (χ2v) is 4.88. The molecule has 0 aromatic carbocycles. The highest BCUT2D eigenvalue weighted by Crippen LogP contribution is 2.36. The summed E-state index contributed by atoms with van der Waals surface area (Å²) in [5, 5.41) is 20.1. The predicted octanol–water partition coefficient (Wildman–Crippen LogP) is 0.252. The van der Waals surface area contributed by atoms with Crippen molar-refractivity contribution in [2.24, 2.45) is 0 Å². The van der Waals surface area contributed by atoms with E-state index in [0.717, 1.165) is 0 Å². The number of aromatic nitrogens is 4. The van der Waals surface area contributed by atoms with E-state index in [2.05, 4.69) is 15.0 Å². The van der Waals surface area contributed by atoms with Gasteiger partial charge in [-0.3, -0.25) is 4.57 Å². The summed E-state index contributed by atoms with van der Waals surface area (Å²) >= 11 is 5.76. The van der Waals surface area contributed by atoms with E-state index in [1.807, 2.05) is 0 Å². The molecule has 1 saturated carbocycles. The second-order valence-electron chi connectivity index (χ2n) is 4.54. The van der Waals surface area contributed by atoms with E-state index in [0.29, 0.717) is 24.0 Å². The van der Waals surface area contributed by atoms with Crippen molar-refractivity contribution in [2.75, 3.05) is 5.73 Å². The number of hydrogen-bond donors (Lipinski definition) is 3. The molecule has 2 atom stereocenters. The van der Waals surface area contributed by atoms with E-state index in [1.54, 1.807) is 0 Å². The molecule has 0 radical (unpaired) electrons. The van der Waals surface area contributed by atoms with Crippen molar-refractivity contribution in [2.45, 2.75) is 31.1 Å². The fraction of sp³-hybridized carbons (Fsp3) is 0.500. The third-order valence-electron chi connectivity index (χ3n) is 3.28. The monoisotopic (exact) mass is 269 g/mol. The lowest BCUT2D eigenvalue weighted by Crippen LogP contribution is -2.30. The van der Waals surface area contributed by atoms with Crippen LogP contribution in [0.25, 0.3) is 11.2 Å². The van der Waals surface area contributed by atoms with Crippen molar-refractivity contribution < 1.29 is 10.2 Å². The first-order valence-corrected chi connectivity index (χ1v) is 5.94. The van der Waals surface area contributed by atoms with Gasteiger partial charge in [0.15, 0.2) is 11.5 Å². The Morgan fingerprint density at radius 2 is 2.28 bits per heavy atom. The molecule has 3 rings (SSSR count). The molecule has 2 heterocycles. The minimum absolute atomic E-state index is 0.00361. The maximum absolute atomic E-state index is 10.5. The van der Waals surface area contributed by atoms with Gasteiger partial charge in [-0.05, 0) is 24.4 Å². The van der Waals surface area contributed by atoms with Gasteiger partial charge in [0.25, 0.3) is 0 Å². The van der Waals surface area contributed by atoms with Crippen LogP contribution in [0.4, 0.5) is 5.82 Å². The Labute approximate surface area is 107 Å².